The van der Waals surface area contributed by atoms with Gasteiger partial charge in [0.1, 0.15) is 5.75 Å². The number of methoxy groups -OCH3 is 1. The summed E-state index contributed by atoms with van der Waals surface area (Å²) in [6, 6.07) is 17.1. The van der Waals surface area contributed by atoms with Gasteiger partial charge >= 0.3 is 5.97 Å². The van der Waals surface area contributed by atoms with Crippen LogP contribution >= 0.6 is 0 Å². The third kappa shape index (κ3) is 4.60. The van der Waals surface area contributed by atoms with E-state index in [2.05, 4.69) is 0 Å². The molecule has 1 atom stereocenters. The molecule has 0 heterocycles. The molecule has 134 valence electrons. The summed E-state index contributed by atoms with van der Waals surface area (Å²) in [5.41, 5.74) is -0.467. The number of carboxylic acids is 1. The van der Waals surface area contributed by atoms with Crippen LogP contribution in [-0.4, -0.2) is 28.9 Å². The summed E-state index contributed by atoms with van der Waals surface area (Å²) in [6.07, 6.45) is 0.763. The van der Waals surface area contributed by atoms with Crippen molar-refractivity contribution >= 4 is 5.97 Å². The molecule has 0 saturated heterocycles. The zero-order valence-corrected chi connectivity index (χ0v) is 15.0. The van der Waals surface area contributed by atoms with Crippen molar-refractivity contribution in [2.75, 3.05) is 7.11 Å². The Morgan fingerprint density at radius 1 is 1.04 bits per heavy atom. The Morgan fingerprint density at radius 2 is 1.64 bits per heavy atom. The molecule has 4 heteroatoms. The van der Waals surface area contributed by atoms with Crippen LogP contribution in [0.4, 0.5) is 0 Å². The number of carboxylic acid groups (broad SMARTS) is 1. The molecular weight excluding hydrogens is 316 g/mol. The predicted octanol–water partition coefficient (Wildman–Crippen LogP) is 3.81. The van der Waals surface area contributed by atoms with Gasteiger partial charge in [-0.25, -0.2) is 4.79 Å². The quantitative estimate of drug-likeness (QED) is 0.765. The highest BCUT2D eigenvalue weighted by atomic mass is 16.5. The Morgan fingerprint density at radius 3 is 2.24 bits per heavy atom. The molecule has 4 nitrogen and oxygen atoms in total. The van der Waals surface area contributed by atoms with Crippen LogP contribution in [0.15, 0.2) is 54.6 Å². The standard InChI is InChI=1S/C21H26O4/c1-20(2,17-11-7-8-12-18(17)25-3)15-21(24,19(22)23)14-13-16-9-5-4-6-10-16/h4-12,24H,13-15H2,1-3H3,(H,22,23). The van der Waals surface area contributed by atoms with E-state index in [0.717, 1.165) is 11.1 Å². The fraction of sp³-hybridized carbons (Fsp3) is 0.381. The van der Waals surface area contributed by atoms with Gasteiger partial charge in [0.25, 0.3) is 0 Å². The normalized spacial score (nSPS) is 13.9. The SMILES string of the molecule is COc1ccccc1C(C)(C)CC(O)(CCc1ccccc1)C(=O)O. The van der Waals surface area contributed by atoms with Crippen LogP contribution in [0.5, 0.6) is 5.75 Å². The lowest BCUT2D eigenvalue weighted by molar-refractivity contribution is -0.161. The molecule has 2 aromatic rings. The number of para-hydroxylation sites is 1. The molecule has 0 aliphatic rings. The molecule has 0 aliphatic carbocycles. The Labute approximate surface area is 149 Å². The Balaban J connectivity index is 2.23. The summed E-state index contributed by atoms with van der Waals surface area (Å²) >= 11 is 0. The van der Waals surface area contributed by atoms with E-state index >= 15 is 0 Å². The van der Waals surface area contributed by atoms with Gasteiger partial charge in [-0.05, 0) is 41.9 Å². The number of carbonyl (C=O) groups is 1. The van der Waals surface area contributed by atoms with E-state index < -0.39 is 17.0 Å². The second-order valence-corrected chi connectivity index (χ2v) is 7.08. The average molecular weight is 342 g/mol. The third-order valence-corrected chi connectivity index (χ3v) is 4.64. The van der Waals surface area contributed by atoms with Crippen LogP contribution < -0.4 is 4.74 Å². The second-order valence-electron chi connectivity index (χ2n) is 7.08. The van der Waals surface area contributed by atoms with Crippen LogP contribution in [-0.2, 0) is 16.6 Å². The molecule has 0 spiro atoms. The molecule has 0 amide bonds. The lowest BCUT2D eigenvalue weighted by atomic mass is 9.73. The monoisotopic (exact) mass is 342 g/mol. The van der Waals surface area contributed by atoms with Crippen LogP contribution in [0.25, 0.3) is 0 Å². The Kier molecular flexibility index (Phi) is 5.85. The number of ether oxygens (including phenoxy) is 1. The van der Waals surface area contributed by atoms with E-state index in [0.29, 0.717) is 12.2 Å². The maximum Gasteiger partial charge on any atom is 0.335 e. The van der Waals surface area contributed by atoms with Crippen molar-refractivity contribution in [3.63, 3.8) is 0 Å². The van der Waals surface area contributed by atoms with Crippen molar-refractivity contribution in [3.8, 4) is 5.75 Å². The third-order valence-electron chi connectivity index (χ3n) is 4.64. The number of benzene rings is 2. The number of rotatable bonds is 8. The van der Waals surface area contributed by atoms with Crippen molar-refractivity contribution in [1.29, 1.82) is 0 Å². The van der Waals surface area contributed by atoms with Gasteiger partial charge in [0.2, 0.25) is 0 Å². The topological polar surface area (TPSA) is 66.8 Å². The van der Waals surface area contributed by atoms with Crippen molar-refractivity contribution in [2.45, 2.75) is 44.1 Å². The van der Waals surface area contributed by atoms with E-state index in [-0.39, 0.29) is 12.8 Å². The van der Waals surface area contributed by atoms with Crippen LogP contribution in [0.3, 0.4) is 0 Å². The molecule has 0 radical (unpaired) electrons. The van der Waals surface area contributed by atoms with E-state index in [4.69, 9.17) is 4.74 Å². The Bertz CT molecular complexity index is 709. The van der Waals surface area contributed by atoms with Gasteiger partial charge in [0.15, 0.2) is 5.60 Å². The summed E-state index contributed by atoms with van der Waals surface area (Å²) in [6.45, 7) is 3.86. The van der Waals surface area contributed by atoms with E-state index in [1.54, 1.807) is 7.11 Å². The second kappa shape index (κ2) is 7.70. The van der Waals surface area contributed by atoms with E-state index in [1.807, 2.05) is 68.4 Å². The molecular formula is C21H26O4. The van der Waals surface area contributed by atoms with Gasteiger partial charge in [-0.3, -0.25) is 0 Å². The summed E-state index contributed by atoms with van der Waals surface area (Å²) in [4.78, 5) is 11.8. The first kappa shape index (κ1) is 19.0. The highest BCUT2D eigenvalue weighted by molar-refractivity contribution is 5.77. The maximum atomic E-state index is 11.8. The fourth-order valence-corrected chi connectivity index (χ4v) is 3.30. The minimum atomic E-state index is -1.81. The lowest BCUT2D eigenvalue weighted by Crippen LogP contribution is -2.44. The first-order chi connectivity index (χ1) is 11.8. The van der Waals surface area contributed by atoms with Crippen LogP contribution in [0.2, 0.25) is 0 Å². The van der Waals surface area contributed by atoms with E-state index in [9.17, 15) is 15.0 Å². The van der Waals surface area contributed by atoms with E-state index in [1.165, 1.54) is 0 Å². The van der Waals surface area contributed by atoms with Crippen molar-refractivity contribution in [3.05, 3.63) is 65.7 Å². The largest absolute Gasteiger partial charge is 0.496 e. The van der Waals surface area contributed by atoms with Crippen LogP contribution in [0.1, 0.15) is 37.8 Å². The molecule has 0 bridgehead atoms. The molecule has 25 heavy (non-hydrogen) atoms. The van der Waals surface area contributed by atoms with Crippen molar-refractivity contribution in [1.82, 2.24) is 0 Å². The smallest absolute Gasteiger partial charge is 0.335 e. The van der Waals surface area contributed by atoms with Gasteiger partial charge < -0.3 is 14.9 Å². The summed E-state index contributed by atoms with van der Waals surface area (Å²) < 4.78 is 5.41. The lowest BCUT2D eigenvalue weighted by Gasteiger charge is -2.34. The highest BCUT2D eigenvalue weighted by Crippen LogP contribution is 2.39. The number of aliphatic carboxylic acids is 1. The molecule has 0 fully saturated rings. The summed E-state index contributed by atoms with van der Waals surface area (Å²) in [5, 5.41) is 20.5. The minimum absolute atomic E-state index is 0.0997. The number of aryl methyl sites for hydroxylation is 1. The molecule has 2 rings (SSSR count). The fourth-order valence-electron chi connectivity index (χ4n) is 3.30. The van der Waals surface area contributed by atoms with Crippen LogP contribution in [0, 0.1) is 0 Å². The summed E-state index contributed by atoms with van der Waals surface area (Å²) in [7, 11) is 1.59. The predicted molar refractivity (Wildman–Crippen MR) is 98.0 cm³/mol. The summed E-state index contributed by atoms with van der Waals surface area (Å²) in [5.74, 6) is -0.491. The van der Waals surface area contributed by atoms with Gasteiger partial charge in [0, 0.05) is 0 Å². The maximum absolute atomic E-state index is 11.8. The Hall–Kier alpha value is -2.33. The van der Waals surface area contributed by atoms with Gasteiger partial charge in [-0.15, -0.1) is 0 Å². The molecule has 2 aromatic carbocycles. The molecule has 0 saturated carbocycles. The number of hydrogen-bond acceptors (Lipinski definition) is 3. The zero-order valence-electron chi connectivity index (χ0n) is 15.0. The first-order valence-corrected chi connectivity index (χ1v) is 8.42. The average Bonchev–Trinajstić information content (AvgIpc) is 2.60. The number of hydrogen-bond donors (Lipinski definition) is 2. The molecule has 1 unspecified atom stereocenters. The number of aliphatic hydroxyl groups is 1. The highest BCUT2D eigenvalue weighted by Gasteiger charge is 2.42. The molecule has 0 aromatic heterocycles. The van der Waals surface area contributed by atoms with Gasteiger partial charge in [-0.2, -0.15) is 0 Å². The van der Waals surface area contributed by atoms with Crippen molar-refractivity contribution in [2.24, 2.45) is 0 Å². The minimum Gasteiger partial charge on any atom is -0.496 e. The molecule has 2 N–H and O–H groups in total. The molecule has 0 aliphatic heterocycles. The van der Waals surface area contributed by atoms with Crippen molar-refractivity contribution < 1.29 is 19.7 Å². The van der Waals surface area contributed by atoms with Gasteiger partial charge in [0.05, 0.1) is 7.11 Å². The zero-order chi connectivity index (χ0) is 18.5. The van der Waals surface area contributed by atoms with Gasteiger partial charge in [-0.1, -0.05) is 62.4 Å². The first-order valence-electron chi connectivity index (χ1n) is 8.42.